The second-order valence-electron chi connectivity index (χ2n) is 3.00. The molecule has 0 fully saturated rings. The van der Waals surface area contributed by atoms with Gasteiger partial charge in [0, 0.05) is 25.8 Å². The van der Waals surface area contributed by atoms with Gasteiger partial charge in [0.2, 0.25) is 0 Å². The third-order valence-corrected chi connectivity index (χ3v) is 4.90. The summed E-state index contributed by atoms with van der Waals surface area (Å²) >= 11 is 0. The highest BCUT2D eigenvalue weighted by Gasteiger charge is 2.39. The number of rotatable bonds is 9. The van der Waals surface area contributed by atoms with Gasteiger partial charge in [-0.05, 0) is 6.92 Å². The van der Waals surface area contributed by atoms with Gasteiger partial charge in [-0.2, -0.15) is 0 Å². The Balaban J connectivity index is 4.18. The lowest BCUT2D eigenvalue weighted by Gasteiger charge is -2.26. The van der Waals surface area contributed by atoms with Crippen molar-refractivity contribution in [1.29, 1.82) is 0 Å². The molecule has 0 aliphatic heterocycles. The van der Waals surface area contributed by atoms with Gasteiger partial charge in [0.25, 0.3) is 0 Å². The predicted octanol–water partition coefficient (Wildman–Crippen LogP) is 1.72. The van der Waals surface area contributed by atoms with Crippen molar-refractivity contribution in [2.45, 2.75) is 26.3 Å². The van der Waals surface area contributed by atoms with E-state index < -0.39 is 14.8 Å². The van der Waals surface area contributed by atoms with Crippen LogP contribution in [0.3, 0.4) is 0 Å². The first kappa shape index (κ1) is 15.3. The lowest BCUT2D eigenvalue weighted by Crippen LogP contribution is -2.45. The highest BCUT2D eigenvalue weighted by Crippen LogP contribution is 2.16. The molecule has 0 saturated heterocycles. The zero-order valence-corrected chi connectivity index (χ0v) is 11.2. The van der Waals surface area contributed by atoms with Gasteiger partial charge in [0.15, 0.2) is 6.79 Å². The summed E-state index contributed by atoms with van der Waals surface area (Å²) in [5, 5.41) is 0. The van der Waals surface area contributed by atoms with Gasteiger partial charge in [-0.3, -0.25) is 0 Å². The summed E-state index contributed by atoms with van der Waals surface area (Å²) in [5.41, 5.74) is 0. The minimum Gasteiger partial charge on any atom is -0.436 e. The number of hydrogen-bond donors (Lipinski definition) is 0. The summed E-state index contributed by atoms with van der Waals surface area (Å²) in [6, 6.07) is 0.697. The number of ether oxygens (including phenoxy) is 1. The van der Waals surface area contributed by atoms with Gasteiger partial charge >= 0.3 is 14.8 Å². The summed E-state index contributed by atoms with van der Waals surface area (Å²) in [5.74, 6) is -0.521. The van der Waals surface area contributed by atoms with Gasteiger partial charge < -0.3 is 18.0 Å². The third-order valence-electron chi connectivity index (χ3n) is 1.88. The van der Waals surface area contributed by atoms with E-state index in [1.54, 1.807) is 7.11 Å². The number of carbonyl (C=O) groups is 1. The molecule has 16 heavy (non-hydrogen) atoms. The summed E-state index contributed by atoms with van der Waals surface area (Å²) < 4.78 is 21.0. The van der Waals surface area contributed by atoms with E-state index in [1.807, 2.05) is 13.8 Å². The molecular formula is C10H20O5Si. The Hall–Kier alpha value is -0.693. The van der Waals surface area contributed by atoms with Crippen molar-refractivity contribution in [2.75, 3.05) is 20.5 Å². The molecule has 0 rings (SSSR count). The first-order valence-electron chi connectivity index (χ1n) is 5.26. The monoisotopic (exact) mass is 248 g/mol. The Labute approximate surface area is 97.7 Å². The van der Waals surface area contributed by atoms with E-state index in [9.17, 15) is 4.79 Å². The van der Waals surface area contributed by atoms with Crippen molar-refractivity contribution in [2.24, 2.45) is 0 Å². The molecule has 94 valence electrons. The Kier molecular flexibility index (Phi) is 8.09. The standard InChI is InChI=1S/C10H20O5Si/c1-5-8-16(12-4,14-7-3)15-9-13-10(11)6-2/h6H,2,5,7-9H2,1,3-4H3. The maximum atomic E-state index is 10.8. The van der Waals surface area contributed by atoms with Crippen LogP contribution in [0.15, 0.2) is 12.7 Å². The lowest BCUT2D eigenvalue weighted by molar-refractivity contribution is -0.146. The minimum atomic E-state index is -2.66. The molecule has 6 heteroatoms. The maximum absolute atomic E-state index is 10.8. The average molecular weight is 248 g/mol. The Morgan fingerprint density at radius 1 is 1.38 bits per heavy atom. The number of carbonyl (C=O) groups excluding carboxylic acids is 1. The number of esters is 1. The molecule has 5 nitrogen and oxygen atoms in total. The lowest BCUT2D eigenvalue weighted by atomic mass is 10.6. The fraction of sp³-hybridized carbons (Fsp3) is 0.700. The minimum absolute atomic E-state index is 0.162. The van der Waals surface area contributed by atoms with Crippen LogP contribution in [0.5, 0.6) is 0 Å². The van der Waals surface area contributed by atoms with Gasteiger partial charge in [0.1, 0.15) is 0 Å². The smallest absolute Gasteiger partial charge is 0.436 e. The van der Waals surface area contributed by atoms with Crippen molar-refractivity contribution in [3.63, 3.8) is 0 Å². The molecule has 0 spiro atoms. The molecule has 0 aliphatic carbocycles. The van der Waals surface area contributed by atoms with E-state index in [0.717, 1.165) is 12.5 Å². The van der Waals surface area contributed by atoms with Crippen molar-refractivity contribution in [1.82, 2.24) is 0 Å². The van der Waals surface area contributed by atoms with Crippen molar-refractivity contribution >= 4 is 14.8 Å². The van der Waals surface area contributed by atoms with Crippen molar-refractivity contribution in [3.05, 3.63) is 12.7 Å². The molecule has 0 aromatic rings. The van der Waals surface area contributed by atoms with Crippen LogP contribution >= 0.6 is 0 Å². The first-order chi connectivity index (χ1) is 7.64. The Bertz CT molecular complexity index is 213. The predicted molar refractivity (Wildman–Crippen MR) is 61.7 cm³/mol. The van der Waals surface area contributed by atoms with E-state index in [0.29, 0.717) is 12.7 Å². The molecule has 0 N–H and O–H groups in total. The highest BCUT2D eigenvalue weighted by atomic mass is 28.4. The van der Waals surface area contributed by atoms with E-state index in [1.165, 1.54) is 0 Å². The van der Waals surface area contributed by atoms with Crippen LogP contribution in [0.25, 0.3) is 0 Å². The van der Waals surface area contributed by atoms with Gasteiger partial charge in [-0.1, -0.05) is 19.9 Å². The van der Waals surface area contributed by atoms with Gasteiger partial charge in [0.05, 0.1) is 0 Å². The van der Waals surface area contributed by atoms with E-state index in [-0.39, 0.29) is 6.79 Å². The summed E-state index contributed by atoms with van der Waals surface area (Å²) in [7, 11) is -1.11. The van der Waals surface area contributed by atoms with Crippen LogP contribution in [-0.2, 0) is 22.8 Å². The molecule has 0 heterocycles. The van der Waals surface area contributed by atoms with Crippen molar-refractivity contribution < 1.29 is 22.8 Å². The average Bonchev–Trinajstić information content (AvgIpc) is 2.29. The topological polar surface area (TPSA) is 54.0 Å². The van der Waals surface area contributed by atoms with E-state index >= 15 is 0 Å². The SMILES string of the molecule is C=CC(=O)OCO[Si](CCC)(OC)OCC. The zero-order chi connectivity index (χ0) is 12.4. The molecular weight excluding hydrogens is 228 g/mol. The normalized spacial score (nSPS) is 14.2. The second kappa shape index (κ2) is 8.46. The summed E-state index contributed by atoms with van der Waals surface area (Å²) in [6.07, 6.45) is 1.97. The van der Waals surface area contributed by atoms with Crippen LogP contribution in [0.1, 0.15) is 20.3 Å². The molecule has 0 aliphatic rings. The summed E-state index contributed by atoms with van der Waals surface area (Å²) in [6.45, 7) is 7.52. The van der Waals surface area contributed by atoms with Gasteiger partial charge in [-0.15, -0.1) is 0 Å². The van der Waals surface area contributed by atoms with Crippen LogP contribution in [0, 0.1) is 0 Å². The van der Waals surface area contributed by atoms with E-state index in [2.05, 4.69) is 6.58 Å². The van der Waals surface area contributed by atoms with Crippen LogP contribution in [0.4, 0.5) is 0 Å². The molecule has 0 aromatic heterocycles. The maximum Gasteiger partial charge on any atom is 0.503 e. The van der Waals surface area contributed by atoms with Crippen molar-refractivity contribution in [3.8, 4) is 0 Å². The second-order valence-corrected chi connectivity index (χ2v) is 5.85. The molecule has 0 radical (unpaired) electrons. The fourth-order valence-electron chi connectivity index (χ4n) is 1.17. The van der Waals surface area contributed by atoms with Crippen LogP contribution < -0.4 is 0 Å². The Morgan fingerprint density at radius 3 is 2.50 bits per heavy atom. The van der Waals surface area contributed by atoms with Gasteiger partial charge in [-0.25, -0.2) is 4.79 Å². The Morgan fingerprint density at radius 2 is 2.06 bits per heavy atom. The molecule has 1 atom stereocenters. The summed E-state index contributed by atoms with van der Waals surface area (Å²) in [4.78, 5) is 10.8. The largest absolute Gasteiger partial charge is 0.503 e. The first-order valence-corrected chi connectivity index (χ1v) is 7.19. The third kappa shape index (κ3) is 5.41. The molecule has 0 bridgehead atoms. The van der Waals surface area contributed by atoms with Crippen LogP contribution in [-0.4, -0.2) is 35.3 Å². The molecule has 0 amide bonds. The zero-order valence-electron chi connectivity index (χ0n) is 10.2. The molecule has 1 unspecified atom stereocenters. The van der Waals surface area contributed by atoms with Crippen LogP contribution in [0.2, 0.25) is 6.04 Å². The fourth-order valence-corrected chi connectivity index (χ4v) is 3.27. The highest BCUT2D eigenvalue weighted by molar-refractivity contribution is 6.60. The number of hydrogen-bond acceptors (Lipinski definition) is 5. The van der Waals surface area contributed by atoms with E-state index in [4.69, 9.17) is 18.0 Å². The molecule has 0 saturated carbocycles. The quantitative estimate of drug-likeness (QED) is 0.269. The molecule has 0 aromatic carbocycles.